The van der Waals surface area contributed by atoms with Crippen molar-refractivity contribution in [1.82, 2.24) is 9.55 Å². The Bertz CT molecular complexity index is 876. The number of benzene rings is 1. The molecule has 0 unspecified atom stereocenters. The second-order valence-electron chi connectivity index (χ2n) is 5.69. The molecule has 130 valence electrons. The molecule has 0 saturated carbocycles. The van der Waals surface area contributed by atoms with Crippen molar-refractivity contribution in [2.45, 2.75) is 24.5 Å². The van der Waals surface area contributed by atoms with Gasteiger partial charge in [-0.3, -0.25) is 14.2 Å². The van der Waals surface area contributed by atoms with Crippen molar-refractivity contribution in [2.24, 2.45) is 0 Å². The molecule has 2 heterocycles. The minimum atomic E-state index is -0.431. The van der Waals surface area contributed by atoms with Crippen molar-refractivity contribution in [3.63, 3.8) is 0 Å². The quantitative estimate of drug-likeness (QED) is 0.663. The molecule has 0 aliphatic carbocycles. The summed E-state index contributed by atoms with van der Waals surface area (Å²) in [6, 6.07) is 6.23. The molecule has 8 heteroatoms. The van der Waals surface area contributed by atoms with Gasteiger partial charge < -0.3 is 10.1 Å². The summed E-state index contributed by atoms with van der Waals surface area (Å²) >= 11 is 1.48. The number of carbonyl (C=O) groups is 2. The number of ether oxygens (including phenoxy) is 1. The van der Waals surface area contributed by atoms with E-state index in [1.807, 2.05) is 0 Å². The van der Waals surface area contributed by atoms with Crippen LogP contribution in [0.5, 0.6) is 0 Å². The minimum absolute atomic E-state index is 0.102. The Balaban J connectivity index is 1.68. The summed E-state index contributed by atoms with van der Waals surface area (Å²) in [5.41, 5.74) is 1.46. The van der Waals surface area contributed by atoms with Gasteiger partial charge in [-0.15, -0.1) is 0 Å². The number of aryl methyl sites for hydroxylation is 1. The van der Waals surface area contributed by atoms with E-state index in [2.05, 4.69) is 15.0 Å². The first-order chi connectivity index (χ1) is 12.0. The lowest BCUT2D eigenvalue weighted by molar-refractivity contribution is -0.116. The largest absolute Gasteiger partial charge is 0.465 e. The van der Waals surface area contributed by atoms with E-state index in [1.165, 1.54) is 18.9 Å². The van der Waals surface area contributed by atoms with E-state index in [4.69, 9.17) is 0 Å². The average Bonchev–Trinajstić information content (AvgIpc) is 3.01. The standard InChI is InChI=1S/C17H17N3O4S/c1-10-8-18-17-20(15(10)22)13(9-25-17)7-14(21)19-12-5-3-11(4-6-12)16(23)24-2/h3-6,8,13H,7,9H2,1-2H3,(H,19,21)/t13-/m1/s1. The van der Waals surface area contributed by atoms with Crippen LogP contribution < -0.4 is 10.9 Å². The van der Waals surface area contributed by atoms with E-state index in [9.17, 15) is 14.4 Å². The number of anilines is 1. The van der Waals surface area contributed by atoms with E-state index >= 15 is 0 Å². The van der Waals surface area contributed by atoms with Crippen molar-refractivity contribution in [3.05, 3.63) is 51.9 Å². The molecule has 25 heavy (non-hydrogen) atoms. The molecule has 0 saturated heterocycles. The molecule has 1 N–H and O–H groups in total. The minimum Gasteiger partial charge on any atom is -0.465 e. The third-order valence-corrected chi connectivity index (χ3v) is 5.02. The van der Waals surface area contributed by atoms with Gasteiger partial charge in [0, 0.05) is 29.6 Å². The Hall–Kier alpha value is -2.61. The summed E-state index contributed by atoms with van der Waals surface area (Å²) in [5.74, 6) is 0.0119. The van der Waals surface area contributed by atoms with Crippen molar-refractivity contribution < 1.29 is 14.3 Å². The first-order valence-electron chi connectivity index (χ1n) is 7.68. The number of nitrogens with zero attached hydrogens (tertiary/aromatic N) is 2. The predicted molar refractivity (Wildman–Crippen MR) is 94.0 cm³/mol. The molecule has 2 aromatic rings. The van der Waals surface area contributed by atoms with Crippen molar-refractivity contribution in [2.75, 3.05) is 18.2 Å². The van der Waals surface area contributed by atoms with Crippen LogP contribution in [-0.2, 0) is 9.53 Å². The predicted octanol–water partition coefficient (Wildman–Crippen LogP) is 2.01. The molecule has 1 aromatic carbocycles. The highest BCUT2D eigenvalue weighted by molar-refractivity contribution is 7.99. The molecule has 0 bridgehead atoms. The van der Waals surface area contributed by atoms with Crippen LogP contribution in [0.15, 0.2) is 40.4 Å². The fourth-order valence-corrected chi connectivity index (χ4v) is 3.71. The Morgan fingerprint density at radius 2 is 2.08 bits per heavy atom. The van der Waals surface area contributed by atoms with Gasteiger partial charge in [-0.1, -0.05) is 11.8 Å². The molecular weight excluding hydrogens is 342 g/mol. The maximum absolute atomic E-state index is 12.3. The number of hydrogen-bond donors (Lipinski definition) is 1. The van der Waals surface area contributed by atoms with Gasteiger partial charge in [-0.25, -0.2) is 9.78 Å². The van der Waals surface area contributed by atoms with Gasteiger partial charge >= 0.3 is 5.97 Å². The highest BCUT2D eigenvalue weighted by Crippen LogP contribution is 2.32. The van der Waals surface area contributed by atoms with Gasteiger partial charge in [0.2, 0.25) is 5.91 Å². The van der Waals surface area contributed by atoms with Crippen molar-refractivity contribution in [3.8, 4) is 0 Å². The number of rotatable bonds is 4. The molecule has 1 amide bonds. The van der Waals surface area contributed by atoms with Crippen LogP contribution in [0, 0.1) is 6.92 Å². The van der Waals surface area contributed by atoms with Crippen LogP contribution in [0.3, 0.4) is 0 Å². The van der Waals surface area contributed by atoms with Gasteiger partial charge in [-0.05, 0) is 31.2 Å². The molecule has 3 rings (SSSR count). The molecule has 7 nitrogen and oxygen atoms in total. The fraction of sp³-hybridized carbons (Fsp3) is 0.294. The summed E-state index contributed by atoms with van der Waals surface area (Å²) < 4.78 is 6.23. The smallest absolute Gasteiger partial charge is 0.337 e. The Morgan fingerprint density at radius 3 is 2.76 bits per heavy atom. The number of carbonyl (C=O) groups excluding carboxylic acids is 2. The highest BCUT2D eigenvalue weighted by atomic mass is 32.2. The lowest BCUT2D eigenvalue weighted by Gasteiger charge is -2.13. The Labute approximate surface area is 148 Å². The molecule has 0 fully saturated rings. The van der Waals surface area contributed by atoms with Crippen LogP contribution in [0.25, 0.3) is 0 Å². The number of amides is 1. The molecular formula is C17H17N3O4S. The zero-order valence-corrected chi connectivity index (χ0v) is 14.6. The SMILES string of the molecule is COC(=O)c1ccc(NC(=O)C[C@@H]2CSc3ncc(C)c(=O)n32)cc1. The van der Waals surface area contributed by atoms with E-state index in [-0.39, 0.29) is 23.9 Å². The summed E-state index contributed by atoms with van der Waals surface area (Å²) in [7, 11) is 1.31. The number of methoxy groups -OCH3 is 1. The first-order valence-corrected chi connectivity index (χ1v) is 8.67. The monoisotopic (exact) mass is 359 g/mol. The van der Waals surface area contributed by atoms with Gasteiger partial charge in [0.15, 0.2) is 5.16 Å². The molecule has 1 aliphatic heterocycles. The van der Waals surface area contributed by atoms with Gasteiger partial charge in [-0.2, -0.15) is 0 Å². The van der Waals surface area contributed by atoms with Crippen molar-refractivity contribution >= 4 is 29.3 Å². The molecule has 1 aliphatic rings. The first kappa shape index (κ1) is 17.2. The third kappa shape index (κ3) is 3.58. The van der Waals surface area contributed by atoms with Crippen molar-refractivity contribution in [1.29, 1.82) is 0 Å². The zero-order valence-electron chi connectivity index (χ0n) is 13.8. The molecule has 0 radical (unpaired) electrons. The van der Waals surface area contributed by atoms with E-state index in [0.29, 0.717) is 27.7 Å². The summed E-state index contributed by atoms with van der Waals surface area (Å²) in [6.45, 7) is 1.71. The van der Waals surface area contributed by atoms with Crippen LogP contribution in [0.2, 0.25) is 0 Å². The Morgan fingerprint density at radius 1 is 1.36 bits per heavy atom. The number of esters is 1. The van der Waals surface area contributed by atoms with Gasteiger partial charge in [0.1, 0.15) is 0 Å². The maximum atomic E-state index is 12.3. The number of nitrogens with one attached hydrogen (secondary N) is 1. The number of fused-ring (bicyclic) bond motifs is 1. The van der Waals surface area contributed by atoms with Crippen LogP contribution >= 0.6 is 11.8 Å². The number of hydrogen-bond acceptors (Lipinski definition) is 6. The van der Waals surface area contributed by atoms with E-state index in [0.717, 1.165) is 0 Å². The maximum Gasteiger partial charge on any atom is 0.337 e. The summed E-state index contributed by atoms with van der Waals surface area (Å²) in [6.07, 6.45) is 1.75. The third-order valence-electron chi connectivity index (χ3n) is 3.91. The summed E-state index contributed by atoms with van der Waals surface area (Å²) in [4.78, 5) is 40.2. The van der Waals surface area contributed by atoms with Crippen LogP contribution in [0.4, 0.5) is 5.69 Å². The lowest BCUT2D eigenvalue weighted by Crippen LogP contribution is -2.28. The average molecular weight is 359 g/mol. The number of thioether (sulfide) groups is 1. The second-order valence-corrected chi connectivity index (χ2v) is 6.67. The van der Waals surface area contributed by atoms with E-state index in [1.54, 1.807) is 42.0 Å². The highest BCUT2D eigenvalue weighted by Gasteiger charge is 2.27. The fourth-order valence-electron chi connectivity index (χ4n) is 2.60. The second kappa shape index (κ2) is 7.10. The van der Waals surface area contributed by atoms with Crippen LogP contribution in [-0.4, -0.2) is 34.3 Å². The lowest BCUT2D eigenvalue weighted by atomic mass is 10.2. The zero-order chi connectivity index (χ0) is 18.0. The molecule has 0 spiro atoms. The topological polar surface area (TPSA) is 90.3 Å². The van der Waals surface area contributed by atoms with Gasteiger partial charge in [0.25, 0.3) is 5.56 Å². The van der Waals surface area contributed by atoms with E-state index < -0.39 is 5.97 Å². The molecule has 1 aromatic heterocycles. The molecule has 1 atom stereocenters. The normalized spacial score (nSPS) is 15.5. The van der Waals surface area contributed by atoms with Gasteiger partial charge in [0.05, 0.1) is 18.7 Å². The van der Waals surface area contributed by atoms with Crippen LogP contribution in [0.1, 0.15) is 28.4 Å². The number of aromatic nitrogens is 2. The summed E-state index contributed by atoms with van der Waals surface area (Å²) in [5, 5.41) is 3.43. The Kier molecular flexibility index (Phi) is 4.89.